The van der Waals surface area contributed by atoms with Crippen LogP contribution in [0.2, 0.25) is 0 Å². The van der Waals surface area contributed by atoms with Gasteiger partial charge in [-0.3, -0.25) is 0 Å². The molecule has 1 N–H and O–H groups in total. The first-order valence-corrected chi connectivity index (χ1v) is 4.88. The van der Waals surface area contributed by atoms with E-state index in [2.05, 4.69) is 20.8 Å². The largest absolute Gasteiger partial charge is 0.392 e. The zero-order chi connectivity index (χ0) is 10.7. The summed E-state index contributed by atoms with van der Waals surface area (Å²) < 4.78 is 5.15. The maximum absolute atomic E-state index is 8.29. The molecule has 2 nitrogen and oxygen atoms in total. The van der Waals surface area contributed by atoms with Crippen molar-refractivity contribution in [1.82, 2.24) is 0 Å². The van der Waals surface area contributed by atoms with Crippen molar-refractivity contribution in [1.29, 1.82) is 0 Å². The second-order valence-corrected chi connectivity index (χ2v) is 3.77. The van der Waals surface area contributed by atoms with Crippen LogP contribution in [0.25, 0.3) is 0 Å². The van der Waals surface area contributed by atoms with Crippen LogP contribution in [0.4, 0.5) is 0 Å². The van der Waals surface area contributed by atoms with Gasteiger partial charge in [0.2, 0.25) is 0 Å². The fraction of sp³-hybridized carbons (Fsp3) is 0.818. The SMILES string of the molecule is CC(C)C.CC(C)OC/C=C/CO. The van der Waals surface area contributed by atoms with Crippen LogP contribution >= 0.6 is 0 Å². The van der Waals surface area contributed by atoms with E-state index >= 15 is 0 Å². The molecule has 0 radical (unpaired) electrons. The van der Waals surface area contributed by atoms with E-state index in [1.54, 1.807) is 12.2 Å². The Morgan fingerprint density at radius 1 is 1.08 bits per heavy atom. The molecule has 2 heteroatoms. The summed E-state index contributed by atoms with van der Waals surface area (Å²) in [7, 11) is 0. The molecule has 0 aliphatic heterocycles. The summed E-state index contributed by atoms with van der Waals surface area (Å²) >= 11 is 0. The molecule has 0 aliphatic carbocycles. The summed E-state index contributed by atoms with van der Waals surface area (Å²) in [6.07, 6.45) is 3.75. The molecule has 0 amide bonds. The third kappa shape index (κ3) is 34.0. The van der Waals surface area contributed by atoms with Gasteiger partial charge in [-0.05, 0) is 19.8 Å². The quantitative estimate of drug-likeness (QED) is 0.687. The number of aliphatic hydroxyl groups excluding tert-OH is 1. The summed E-state index contributed by atoms with van der Waals surface area (Å²) in [6.45, 7) is 11.2. The molecule has 0 saturated heterocycles. The van der Waals surface area contributed by atoms with Gasteiger partial charge in [0, 0.05) is 0 Å². The average Bonchev–Trinajstić information content (AvgIpc) is 1.97. The number of hydrogen-bond acceptors (Lipinski definition) is 2. The molecule has 0 aromatic carbocycles. The van der Waals surface area contributed by atoms with E-state index in [1.165, 1.54) is 0 Å². The Morgan fingerprint density at radius 3 is 1.85 bits per heavy atom. The highest BCUT2D eigenvalue weighted by Gasteiger charge is 1.86. The van der Waals surface area contributed by atoms with E-state index in [0.29, 0.717) is 6.61 Å². The van der Waals surface area contributed by atoms with Gasteiger partial charge in [-0.2, -0.15) is 0 Å². The summed E-state index contributed by atoms with van der Waals surface area (Å²) in [5.41, 5.74) is 0. The Labute approximate surface area is 82.6 Å². The van der Waals surface area contributed by atoms with Crippen LogP contribution < -0.4 is 0 Å². The Kier molecular flexibility index (Phi) is 13.6. The first-order valence-electron chi connectivity index (χ1n) is 4.88. The molecular weight excluding hydrogens is 164 g/mol. The van der Waals surface area contributed by atoms with Crippen molar-refractivity contribution in [2.45, 2.75) is 40.7 Å². The Balaban J connectivity index is 0. The zero-order valence-electron chi connectivity index (χ0n) is 9.58. The minimum absolute atomic E-state index is 0.0987. The van der Waals surface area contributed by atoms with E-state index in [1.807, 2.05) is 13.8 Å². The molecular formula is C11H24O2. The maximum Gasteiger partial charge on any atom is 0.0651 e. The fourth-order valence-corrected chi connectivity index (χ4v) is 0.391. The van der Waals surface area contributed by atoms with Crippen molar-refractivity contribution < 1.29 is 9.84 Å². The first kappa shape index (κ1) is 15.1. The molecule has 0 unspecified atom stereocenters. The molecule has 0 saturated carbocycles. The average molecular weight is 188 g/mol. The molecule has 0 atom stereocenters. The molecule has 0 bridgehead atoms. The fourth-order valence-electron chi connectivity index (χ4n) is 0.391. The molecule has 0 fully saturated rings. The van der Waals surface area contributed by atoms with E-state index in [9.17, 15) is 0 Å². The van der Waals surface area contributed by atoms with Gasteiger partial charge in [0.15, 0.2) is 0 Å². The number of ether oxygens (including phenoxy) is 1. The highest BCUT2D eigenvalue weighted by Crippen LogP contribution is 1.86. The van der Waals surface area contributed by atoms with Crippen molar-refractivity contribution in [2.75, 3.05) is 13.2 Å². The van der Waals surface area contributed by atoms with Gasteiger partial charge < -0.3 is 9.84 Å². The molecule has 0 spiro atoms. The Hall–Kier alpha value is -0.340. The van der Waals surface area contributed by atoms with Crippen LogP contribution in [-0.2, 0) is 4.74 Å². The van der Waals surface area contributed by atoms with Crippen LogP contribution in [-0.4, -0.2) is 24.4 Å². The van der Waals surface area contributed by atoms with Crippen molar-refractivity contribution in [3.05, 3.63) is 12.2 Å². The molecule has 80 valence electrons. The maximum atomic E-state index is 8.29. The predicted octanol–water partition coefficient (Wildman–Crippen LogP) is 2.62. The van der Waals surface area contributed by atoms with Crippen LogP contribution in [0.3, 0.4) is 0 Å². The smallest absolute Gasteiger partial charge is 0.0651 e. The predicted molar refractivity (Wildman–Crippen MR) is 57.8 cm³/mol. The highest BCUT2D eigenvalue weighted by atomic mass is 16.5. The van der Waals surface area contributed by atoms with Crippen molar-refractivity contribution in [3.8, 4) is 0 Å². The summed E-state index contributed by atoms with van der Waals surface area (Å²) in [5, 5.41) is 8.29. The summed E-state index contributed by atoms with van der Waals surface area (Å²) in [5.74, 6) is 0.833. The van der Waals surface area contributed by atoms with Crippen molar-refractivity contribution >= 4 is 0 Å². The minimum atomic E-state index is 0.0987. The van der Waals surface area contributed by atoms with Crippen molar-refractivity contribution in [3.63, 3.8) is 0 Å². The first-order chi connectivity index (χ1) is 6.00. The van der Waals surface area contributed by atoms with E-state index in [0.717, 1.165) is 5.92 Å². The molecule has 0 rings (SSSR count). The number of aliphatic hydroxyl groups is 1. The lowest BCUT2D eigenvalue weighted by molar-refractivity contribution is 0.102. The topological polar surface area (TPSA) is 29.5 Å². The summed E-state index contributed by atoms with van der Waals surface area (Å²) in [6, 6.07) is 0. The van der Waals surface area contributed by atoms with Crippen LogP contribution in [0.5, 0.6) is 0 Å². The van der Waals surface area contributed by atoms with Gasteiger partial charge >= 0.3 is 0 Å². The molecule has 0 heterocycles. The molecule has 0 aromatic heterocycles. The lowest BCUT2D eigenvalue weighted by atomic mass is 10.3. The van der Waals surface area contributed by atoms with Gasteiger partial charge in [0.25, 0.3) is 0 Å². The van der Waals surface area contributed by atoms with Crippen LogP contribution in [0.15, 0.2) is 12.2 Å². The van der Waals surface area contributed by atoms with Gasteiger partial charge in [-0.1, -0.05) is 32.9 Å². The van der Waals surface area contributed by atoms with Crippen molar-refractivity contribution in [2.24, 2.45) is 5.92 Å². The number of hydrogen-bond donors (Lipinski definition) is 1. The second-order valence-electron chi connectivity index (χ2n) is 3.77. The highest BCUT2D eigenvalue weighted by molar-refractivity contribution is 4.80. The zero-order valence-corrected chi connectivity index (χ0v) is 9.58. The Morgan fingerprint density at radius 2 is 1.54 bits per heavy atom. The molecule has 0 aliphatic rings. The van der Waals surface area contributed by atoms with Crippen LogP contribution in [0, 0.1) is 5.92 Å². The van der Waals surface area contributed by atoms with Gasteiger partial charge in [-0.15, -0.1) is 0 Å². The van der Waals surface area contributed by atoms with Crippen LogP contribution in [0.1, 0.15) is 34.6 Å². The van der Waals surface area contributed by atoms with Gasteiger partial charge in [0.1, 0.15) is 0 Å². The minimum Gasteiger partial charge on any atom is -0.392 e. The third-order valence-corrected chi connectivity index (χ3v) is 0.798. The standard InChI is InChI=1S/C7H14O2.C4H10/c1-7(2)9-6-4-3-5-8;1-4(2)3/h3-4,7-8H,5-6H2,1-2H3;4H,1-3H3/b4-3+;. The normalized spacial score (nSPS) is 10.8. The van der Waals surface area contributed by atoms with E-state index in [4.69, 9.17) is 9.84 Å². The van der Waals surface area contributed by atoms with E-state index < -0.39 is 0 Å². The summed E-state index contributed by atoms with van der Waals surface area (Å²) in [4.78, 5) is 0. The third-order valence-electron chi connectivity index (χ3n) is 0.798. The Bertz CT molecular complexity index is 104. The molecule has 13 heavy (non-hydrogen) atoms. The lowest BCUT2D eigenvalue weighted by Crippen LogP contribution is -2.01. The van der Waals surface area contributed by atoms with E-state index in [-0.39, 0.29) is 12.7 Å². The second kappa shape index (κ2) is 11.7. The van der Waals surface area contributed by atoms with Gasteiger partial charge in [0.05, 0.1) is 19.3 Å². The lowest BCUT2D eigenvalue weighted by Gasteiger charge is -2.01. The monoisotopic (exact) mass is 188 g/mol. The van der Waals surface area contributed by atoms with Gasteiger partial charge in [-0.25, -0.2) is 0 Å². The molecule has 0 aromatic rings. The number of rotatable bonds is 4.